The van der Waals surface area contributed by atoms with E-state index in [2.05, 4.69) is 0 Å². The van der Waals surface area contributed by atoms with Crippen LogP contribution in [0.2, 0.25) is 0 Å². The van der Waals surface area contributed by atoms with Crippen LogP contribution in [0.5, 0.6) is 0 Å². The van der Waals surface area contributed by atoms with Crippen LogP contribution in [0.15, 0.2) is 30.4 Å². The molecule has 1 rings (SSSR count). The Bertz CT molecular complexity index is 429. The summed E-state index contributed by atoms with van der Waals surface area (Å²) in [6.07, 6.45) is 2.93. The Balaban J connectivity index is 3.10. The minimum atomic E-state index is -0.664. The molecule has 3 heteroatoms. The van der Waals surface area contributed by atoms with E-state index in [4.69, 9.17) is 5.26 Å². The minimum absolute atomic E-state index is 0.0537. The molecule has 0 amide bonds. The van der Waals surface area contributed by atoms with Crippen molar-refractivity contribution in [3.8, 4) is 6.07 Å². The summed E-state index contributed by atoms with van der Waals surface area (Å²) in [6.45, 7) is 1.71. The topological polar surface area (TPSA) is 40.9 Å². The number of nitrogens with zero attached hydrogens (tertiary/aromatic N) is 1. The average Bonchev–Trinajstić information content (AvgIpc) is 2.18. The number of hydrogen-bond acceptors (Lipinski definition) is 2. The molecule has 0 aliphatic heterocycles. The van der Waals surface area contributed by atoms with Gasteiger partial charge in [0.05, 0.1) is 5.56 Å². The van der Waals surface area contributed by atoms with Gasteiger partial charge in [0.25, 0.3) is 0 Å². The van der Waals surface area contributed by atoms with Gasteiger partial charge in [-0.2, -0.15) is 5.26 Å². The summed E-state index contributed by atoms with van der Waals surface area (Å²) in [5.74, 6) is -0.932. The van der Waals surface area contributed by atoms with Crippen molar-refractivity contribution in [2.24, 2.45) is 0 Å². The first-order valence-corrected chi connectivity index (χ1v) is 4.05. The molecule has 0 aromatic heterocycles. The van der Waals surface area contributed by atoms with E-state index in [9.17, 15) is 9.18 Å². The fourth-order valence-electron chi connectivity index (χ4n) is 1.01. The first-order valence-electron chi connectivity index (χ1n) is 4.05. The van der Waals surface area contributed by atoms with Gasteiger partial charge >= 0.3 is 0 Å². The highest BCUT2D eigenvalue weighted by molar-refractivity contribution is 6.04. The molecular formula is C11H8FNO. The molecule has 1 aromatic rings. The van der Waals surface area contributed by atoms with Gasteiger partial charge in [-0.25, -0.2) is 4.39 Å². The molecule has 0 saturated heterocycles. The normalized spacial score (nSPS) is 10.1. The Morgan fingerprint density at radius 1 is 1.57 bits per heavy atom. The zero-order chi connectivity index (χ0) is 10.6. The average molecular weight is 189 g/mol. The Kier molecular flexibility index (Phi) is 3.14. The second-order valence-corrected chi connectivity index (χ2v) is 2.67. The molecule has 0 heterocycles. The Morgan fingerprint density at radius 3 is 2.79 bits per heavy atom. The van der Waals surface area contributed by atoms with Gasteiger partial charge in [0, 0.05) is 5.56 Å². The molecule has 0 radical (unpaired) electrons. The number of carbonyl (C=O) groups is 1. The Labute approximate surface area is 81.3 Å². The Hall–Kier alpha value is -1.95. The summed E-state index contributed by atoms with van der Waals surface area (Å²) < 4.78 is 13.1. The van der Waals surface area contributed by atoms with Crippen molar-refractivity contribution in [3.63, 3.8) is 0 Å². The zero-order valence-electron chi connectivity index (χ0n) is 7.62. The van der Waals surface area contributed by atoms with Crippen molar-refractivity contribution in [1.82, 2.24) is 0 Å². The van der Waals surface area contributed by atoms with Crippen LogP contribution in [0.25, 0.3) is 0 Å². The first kappa shape index (κ1) is 10.1. The summed E-state index contributed by atoms with van der Waals surface area (Å²) in [5.41, 5.74) is 0.196. The number of halogens is 1. The van der Waals surface area contributed by atoms with Crippen molar-refractivity contribution in [1.29, 1.82) is 5.26 Å². The van der Waals surface area contributed by atoms with Crippen LogP contribution >= 0.6 is 0 Å². The molecule has 0 N–H and O–H groups in total. The van der Waals surface area contributed by atoms with E-state index < -0.39 is 5.82 Å². The number of benzene rings is 1. The van der Waals surface area contributed by atoms with Crippen LogP contribution in [0, 0.1) is 17.1 Å². The molecule has 0 unspecified atom stereocenters. The third-order valence-electron chi connectivity index (χ3n) is 1.69. The van der Waals surface area contributed by atoms with Crippen molar-refractivity contribution >= 4 is 5.78 Å². The quantitative estimate of drug-likeness (QED) is 0.529. The number of allylic oxidation sites excluding steroid dienone is 2. The van der Waals surface area contributed by atoms with E-state index in [1.165, 1.54) is 18.2 Å². The standard InChI is InChI=1S/C11H8FNO/c1-2-3-11(14)8-4-5-9(7-13)10(12)6-8/h2-6H,1H3. The lowest BCUT2D eigenvalue weighted by atomic mass is 10.1. The maximum atomic E-state index is 13.1. The summed E-state index contributed by atoms with van der Waals surface area (Å²) >= 11 is 0. The highest BCUT2D eigenvalue weighted by Gasteiger charge is 2.06. The van der Waals surface area contributed by atoms with Crippen LogP contribution in [-0.4, -0.2) is 5.78 Å². The van der Waals surface area contributed by atoms with Crippen LogP contribution in [-0.2, 0) is 0 Å². The van der Waals surface area contributed by atoms with Gasteiger partial charge in [0.15, 0.2) is 5.78 Å². The van der Waals surface area contributed by atoms with Gasteiger partial charge in [-0.05, 0) is 31.2 Å². The lowest BCUT2D eigenvalue weighted by molar-refractivity contribution is 0.104. The molecular weight excluding hydrogens is 181 g/mol. The largest absolute Gasteiger partial charge is 0.289 e. The summed E-state index contributed by atoms with van der Waals surface area (Å²) in [4.78, 5) is 11.3. The van der Waals surface area contributed by atoms with Crippen molar-refractivity contribution in [3.05, 3.63) is 47.3 Å². The fraction of sp³-hybridized carbons (Fsp3) is 0.0909. The van der Waals surface area contributed by atoms with E-state index >= 15 is 0 Å². The molecule has 0 spiro atoms. The lowest BCUT2D eigenvalue weighted by Gasteiger charge is -1.97. The predicted octanol–water partition coefficient (Wildman–Crippen LogP) is 2.46. The van der Waals surface area contributed by atoms with Gasteiger partial charge in [-0.15, -0.1) is 0 Å². The third kappa shape index (κ3) is 2.05. The molecule has 0 aliphatic carbocycles. The van der Waals surface area contributed by atoms with E-state index in [1.54, 1.807) is 19.1 Å². The molecule has 2 nitrogen and oxygen atoms in total. The van der Waals surface area contributed by atoms with Gasteiger partial charge in [-0.1, -0.05) is 6.08 Å². The SMILES string of the molecule is CC=CC(=O)c1ccc(C#N)c(F)c1. The number of ketones is 1. The second-order valence-electron chi connectivity index (χ2n) is 2.67. The molecule has 0 fully saturated rings. The van der Waals surface area contributed by atoms with E-state index in [1.807, 2.05) is 0 Å². The molecule has 0 saturated carbocycles. The molecule has 14 heavy (non-hydrogen) atoms. The number of rotatable bonds is 2. The Morgan fingerprint density at radius 2 is 2.29 bits per heavy atom. The zero-order valence-corrected chi connectivity index (χ0v) is 7.62. The monoisotopic (exact) mass is 189 g/mol. The van der Waals surface area contributed by atoms with Crippen LogP contribution < -0.4 is 0 Å². The van der Waals surface area contributed by atoms with E-state index in [0.29, 0.717) is 0 Å². The smallest absolute Gasteiger partial charge is 0.185 e. The van der Waals surface area contributed by atoms with Crippen molar-refractivity contribution < 1.29 is 9.18 Å². The molecule has 0 bridgehead atoms. The van der Waals surface area contributed by atoms with Crippen molar-refractivity contribution in [2.75, 3.05) is 0 Å². The van der Waals surface area contributed by atoms with Gasteiger partial charge in [0.1, 0.15) is 11.9 Å². The van der Waals surface area contributed by atoms with Gasteiger partial charge < -0.3 is 0 Å². The minimum Gasteiger partial charge on any atom is -0.289 e. The van der Waals surface area contributed by atoms with Gasteiger partial charge in [-0.3, -0.25) is 4.79 Å². The van der Waals surface area contributed by atoms with Crippen molar-refractivity contribution in [2.45, 2.75) is 6.92 Å². The highest BCUT2D eigenvalue weighted by atomic mass is 19.1. The fourth-order valence-corrected chi connectivity index (χ4v) is 1.01. The number of hydrogen-bond donors (Lipinski definition) is 0. The molecule has 0 atom stereocenters. The second kappa shape index (κ2) is 4.33. The number of carbonyl (C=O) groups excluding carboxylic acids is 1. The lowest BCUT2D eigenvalue weighted by Crippen LogP contribution is -1.96. The number of nitriles is 1. The maximum Gasteiger partial charge on any atom is 0.185 e. The highest BCUT2D eigenvalue weighted by Crippen LogP contribution is 2.10. The van der Waals surface area contributed by atoms with Gasteiger partial charge in [0.2, 0.25) is 0 Å². The maximum absolute atomic E-state index is 13.1. The van der Waals surface area contributed by atoms with Crippen LogP contribution in [0.4, 0.5) is 4.39 Å². The summed E-state index contributed by atoms with van der Waals surface area (Å²) in [6, 6.07) is 5.49. The van der Waals surface area contributed by atoms with E-state index in [-0.39, 0.29) is 16.9 Å². The predicted molar refractivity (Wildman–Crippen MR) is 50.3 cm³/mol. The summed E-state index contributed by atoms with van der Waals surface area (Å²) in [5, 5.41) is 8.46. The van der Waals surface area contributed by atoms with Crippen LogP contribution in [0.3, 0.4) is 0 Å². The van der Waals surface area contributed by atoms with Crippen LogP contribution in [0.1, 0.15) is 22.8 Å². The molecule has 0 aliphatic rings. The summed E-state index contributed by atoms with van der Waals surface area (Å²) in [7, 11) is 0. The third-order valence-corrected chi connectivity index (χ3v) is 1.69. The van der Waals surface area contributed by atoms with E-state index in [0.717, 1.165) is 6.07 Å². The molecule has 1 aromatic carbocycles. The first-order chi connectivity index (χ1) is 6.69. The molecule has 70 valence electrons.